The van der Waals surface area contributed by atoms with Gasteiger partial charge in [-0.15, -0.1) is 0 Å². The van der Waals surface area contributed by atoms with Crippen LogP contribution >= 0.6 is 15.6 Å². The SMILES string of the molecule is CCC(C)CCCCCCCCCCCCC(=O)O[C@H](COC(=O)CCCCCCCCC(C)CC)COP(=O)(O)OC[C@H](O)COP(=O)(O)OC[C@@H](COC(=O)CCCCCCCCCCCCCCCC(C)C)OC(=O)CCCCCCCCCCCCC(C)C. The third-order valence-corrected chi connectivity index (χ3v) is 19.7. The van der Waals surface area contributed by atoms with Gasteiger partial charge in [0.25, 0.3) is 0 Å². The lowest BCUT2D eigenvalue weighted by Crippen LogP contribution is -2.30. The van der Waals surface area contributed by atoms with Gasteiger partial charge in [-0.3, -0.25) is 37.3 Å². The minimum absolute atomic E-state index is 0.105. The van der Waals surface area contributed by atoms with Gasteiger partial charge in [0, 0.05) is 25.7 Å². The fourth-order valence-corrected chi connectivity index (χ4v) is 12.7. The highest BCUT2D eigenvalue weighted by molar-refractivity contribution is 7.47. The van der Waals surface area contributed by atoms with Crippen LogP contribution in [0, 0.1) is 23.7 Å². The van der Waals surface area contributed by atoms with E-state index in [4.69, 9.17) is 37.0 Å². The van der Waals surface area contributed by atoms with Crippen LogP contribution in [0.2, 0.25) is 0 Å². The smallest absolute Gasteiger partial charge is 0.462 e. The van der Waals surface area contributed by atoms with Gasteiger partial charge in [0.2, 0.25) is 0 Å². The predicted molar refractivity (Wildman–Crippen MR) is 377 cm³/mol. The first-order valence-electron chi connectivity index (χ1n) is 38.3. The number of aliphatic hydroxyl groups is 1. The Kier molecular flexibility index (Phi) is 62.2. The lowest BCUT2D eigenvalue weighted by Gasteiger charge is -2.21. The molecule has 0 aliphatic heterocycles. The zero-order valence-electron chi connectivity index (χ0n) is 60.9. The van der Waals surface area contributed by atoms with Crippen LogP contribution in [0.15, 0.2) is 0 Å². The van der Waals surface area contributed by atoms with E-state index < -0.39 is 97.5 Å². The number of esters is 4. The topological polar surface area (TPSA) is 237 Å². The van der Waals surface area contributed by atoms with Gasteiger partial charge < -0.3 is 33.8 Å². The van der Waals surface area contributed by atoms with E-state index in [9.17, 15) is 43.2 Å². The summed E-state index contributed by atoms with van der Waals surface area (Å²) in [6.07, 6.45) is 47.1. The predicted octanol–water partition coefficient (Wildman–Crippen LogP) is 21.3. The first kappa shape index (κ1) is 91.1. The molecule has 3 N–H and O–H groups in total. The van der Waals surface area contributed by atoms with Crippen LogP contribution < -0.4 is 0 Å². The number of phosphoric acid groups is 2. The Morgan fingerprint density at radius 2 is 0.516 bits per heavy atom. The zero-order chi connectivity index (χ0) is 68.9. The molecule has 0 amide bonds. The van der Waals surface area contributed by atoms with Crippen LogP contribution in [-0.2, 0) is 65.4 Å². The van der Waals surface area contributed by atoms with Crippen molar-refractivity contribution in [3.05, 3.63) is 0 Å². The molecule has 19 heteroatoms. The average Bonchev–Trinajstić information content (AvgIpc) is 1.99. The molecule has 93 heavy (non-hydrogen) atoms. The molecule has 0 aliphatic carbocycles. The number of hydrogen-bond donors (Lipinski definition) is 3. The Labute approximate surface area is 568 Å². The molecular formula is C74H144O17P2. The normalized spacial score (nSPS) is 14.8. The Balaban J connectivity index is 5.26. The van der Waals surface area contributed by atoms with Crippen LogP contribution in [0.5, 0.6) is 0 Å². The van der Waals surface area contributed by atoms with Crippen molar-refractivity contribution in [2.24, 2.45) is 23.7 Å². The number of ether oxygens (including phenoxy) is 4. The molecule has 0 saturated carbocycles. The lowest BCUT2D eigenvalue weighted by molar-refractivity contribution is -0.161. The van der Waals surface area contributed by atoms with Crippen molar-refractivity contribution in [2.45, 2.75) is 388 Å². The Hall–Kier alpha value is -1.94. The molecule has 0 heterocycles. The van der Waals surface area contributed by atoms with E-state index in [1.807, 2.05) is 0 Å². The number of carbonyl (C=O) groups is 4. The number of rotatable bonds is 71. The summed E-state index contributed by atoms with van der Waals surface area (Å²) in [6, 6.07) is 0. The molecule has 4 unspecified atom stereocenters. The summed E-state index contributed by atoms with van der Waals surface area (Å²) >= 11 is 0. The van der Waals surface area contributed by atoms with Gasteiger partial charge in [-0.05, 0) is 49.4 Å². The average molecular weight is 1370 g/mol. The second-order valence-corrected chi connectivity index (χ2v) is 31.0. The second kappa shape index (κ2) is 63.5. The molecule has 0 aromatic carbocycles. The molecule has 7 atom stereocenters. The summed E-state index contributed by atoms with van der Waals surface area (Å²) in [6.45, 7) is 14.2. The molecular weight excluding hydrogens is 1220 g/mol. The van der Waals surface area contributed by atoms with Gasteiger partial charge in [-0.2, -0.15) is 0 Å². The van der Waals surface area contributed by atoms with Gasteiger partial charge in [0.15, 0.2) is 12.2 Å². The van der Waals surface area contributed by atoms with Crippen molar-refractivity contribution in [3.63, 3.8) is 0 Å². The van der Waals surface area contributed by atoms with E-state index in [-0.39, 0.29) is 25.7 Å². The van der Waals surface area contributed by atoms with Crippen molar-refractivity contribution < 1.29 is 80.2 Å². The van der Waals surface area contributed by atoms with Crippen LogP contribution in [-0.4, -0.2) is 96.7 Å². The van der Waals surface area contributed by atoms with E-state index in [1.54, 1.807) is 0 Å². The van der Waals surface area contributed by atoms with Crippen molar-refractivity contribution >= 4 is 39.5 Å². The highest BCUT2D eigenvalue weighted by Crippen LogP contribution is 2.45. The van der Waals surface area contributed by atoms with Gasteiger partial charge >= 0.3 is 39.5 Å². The summed E-state index contributed by atoms with van der Waals surface area (Å²) in [5, 5.41) is 10.6. The quantitative estimate of drug-likeness (QED) is 0.0222. The van der Waals surface area contributed by atoms with Crippen LogP contribution in [0.4, 0.5) is 0 Å². The lowest BCUT2D eigenvalue weighted by atomic mass is 9.99. The number of unbranched alkanes of at least 4 members (excludes halogenated alkanes) is 35. The first-order valence-corrected chi connectivity index (χ1v) is 41.3. The van der Waals surface area contributed by atoms with Crippen LogP contribution in [0.3, 0.4) is 0 Å². The third kappa shape index (κ3) is 65.8. The molecule has 0 aliphatic rings. The van der Waals surface area contributed by atoms with Crippen molar-refractivity contribution in [1.29, 1.82) is 0 Å². The van der Waals surface area contributed by atoms with E-state index in [2.05, 4.69) is 55.4 Å². The Morgan fingerprint density at radius 3 is 0.763 bits per heavy atom. The molecule has 0 radical (unpaired) electrons. The van der Waals surface area contributed by atoms with Crippen molar-refractivity contribution in [3.8, 4) is 0 Å². The monoisotopic (exact) mass is 1370 g/mol. The fraction of sp³-hybridized carbons (Fsp3) is 0.946. The van der Waals surface area contributed by atoms with E-state index in [0.717, 1.165) is 120 Å². The van der Waals surface area contributed by atoms with E-state index >= 15 is 0 Å². The second-order valence-electron chi connectivity index (χ2n) is 28.1. The van der Waals surface area contributed by atoms with Crippen molar-refractivity contribution in [2.75, 3.05) is 39.6 Å². The summed E-state index contributed by atoms with van der Waals surface area (Å²) in [5.41, 5.74) is 0. The van der Waals surface area contributed by atoms with Gasteiger partial charge in [0.05, 0.1) is 26.4 Å². The molecule has 17 nitrogen and oxygen atoms in total. The van der Waals surface area contributed by atoms with E-state index in [0.29, 0.717) is 25.7 Å². The molecule has 0 aromatic rings. The fourth-order valence-electron chi connectivity index (χ4n) is 11.1. The minimum atomic E-state index is -4.96. The van der Waals surface area contributed by atoms with Crippen molar-refractivity contribution in [1.82, 2.24) is 0 Å². The minimum Gasteiger partial charge on any atom is -0.462 e. The van der Waals surface area contributed by atoms with Crippen LogP contribution in [0.1, 0.15) is 370 Å². The summed E-state index contributed by atoms with van der Waals surface area (Å²) in [5.74, 6) is 0.953. The molecule has 552 valence electrons. The van der Waals surface area contributed by atoms with Crippen LogP contribution in [0.25, 0.3) is 0 Å². The number of aliphatic hydroxyl groups excluding tert-OH is 1. The largest absolute Gasteiger partial charge is 0.472 e. The number of phosphoric ester groups is 2. The molecule has 0 saturated heterocycles. The molecule has 0 bridgehead atoms. The molecule has 0 rings (SSSR count). The van der Waals surface area contributed by atoms with Gasteiger partial charge in [-0.25, -0.2) is 9.13 Å². The highest BCUT2D eigenvalue weighted by Gasteiger charge is 2.30. The Bertz CT molecular complexity index is 1840. The maximum atomic E-state index is 13.1. The highest BCUT2D eigenvalue weighted by atomic mass is 31.2. The first-order chi connectivity index (χ1) is 44.7. The molecule has 0 aromatic heterocycles. The Morgan fingerprint density at radius 1 is 0.301 bits per heavy atom. The zero-order valence-corrected chi connectivity index (χ0v) is 62.7. The summed E-state index contributed by atoms with van der Waals surface area (Å²) < 4.78 is 68.5. The van der Waals surface area contributed by atoms with Gasteiger partial charge in [0.1, 0.15) is 19.3 Å². The maximum absolute atomic E-state index is 13.1. The standard InChI is InChI=1S/C74H144O17P2/c1-9-66(7)52-44-36-28-22-17-19-25-31-41-49-57-74(79)91-70(61-85-72(77)55-47-39-33-32-37-45-53-67(8)10-2)63-89-93(82,83)87-59-68(75)58-86-92(80,81)88-62-69(90-73(78)56-48-40-30-24-18-16-21-27-35-43-51-65(5)6)60-84-71(76)54-46-38-29-23-15-13-11-12-14-20-26-34-42-50-64(3)4/h64-70,75H,9-63H2,1-8H3,(H,80,81)(H,82,83)/t66?,67?,68-,69-,70-/m1/s1. The summed E-state index contributed by atoms with van der Waals surface area (Å²) in [4.78, 5) is 72.7. The van der Waals surface area contributed by atoms with E-state index in [1.165, 1.54) is 167 Å². The molecule has 0 spiro atoms. The number of hydrogen-bond acceptors (Lipinski definition) is 15. The maximum Gasteiger partial charge on any atom is 0.472 e. The summed E-state index contributed by atoms with van der Waals surface area (Å²) in [7, 11) is -9.91. The third-order valence-electron chi connectivity index (χ3n) is 17.8. The van der Waals surface area contributed by atoms with Gasteiger partial charge in [-0.1, -0.05) is 319 Å². The molecule has 0 fully saturated rings. The number of carbonyl (C=O) groups excluding carboxylic acids is 4.